The van der Waals surface area contributed by atoms with Gasteiger partial charge in [-0.1, -0.05) is 0 Å². The van der Waals surface area contributed by atoms with E-state index in [1.165, 1.54) is 16.0 Å². The summed E-state index contributed by atoms with van der Waals surface area (Å²) in [6.07, 6.45) is 4.86. The quantitative estimate of drug-likeness (QED) is 0.711. The molecule has 2 aromatic rings. The van der Waals surface area contributed by atoms with Crippen LogP contribution in [0.3, 0.4) is 0 Å². The number of aryl methyl sites for hydroxylation is 1. The summed E-state index contributed by atoms with van der Waals surface area (Å²) in [5.74, 6) is 0. The highest BCUT2D eigenvalue weighted by Gasteiger charge is 2.28. The zero-order chi connectivity index (χ0) is 12.7. The Morgan fingerprint density at radius 2 is 2.22 bits per heavy atom. The molecule has 0 spiro atoms. The summed E-state index contributed by atoms with van der Waals surface area (Å²) in [5, 5.41) is 0. The van der Waals surface area contributed by atoms with Gasteiger partial charge >= 0.3 is 6.03 Å². The van der Waals surface area contributed by atoms with E-state index in [2.05, 4.69) is 35.5 Å². The second-order valence-electron chi connectivity index (χ2n) is 4.67. The molecule has 18 heavy (non-hydrogen) atoms. The molecule has 0 radical (unpaired) electrons. The highest BCUT2D eigenvalue weighted by Crippen LogP contribution is 2.27. The summed E-state index contributed by atoms with van der Waals surface area (Å²) in [5.41, 5.74) is 2.46. The van der Waals surface area contributed by atoms with Gasteiger partial charge in [-0.2, -0.15) is 0 Å². The SMILES string of the molecule is Cc1ccc2n1CCN(C(=O)n1ccnc1)C2C. The van der Waals surface area contributed by atoms with Crippen molar-refractivity contribution in [1.29, 1.82) is 0 Å². The highest BCUT2D eigenvalue weighted by atomic mass is 16.2. The fourth-order valence-electron chi connectivity index (χ4n) is 2.60. The van der Waals surface area contributed by atoms with E-state index in [0.717, 1.165) is 13.1 Å². The Balaban J connectivity index is 1.91. The second kappa shape index (κ2) is 4.01. The van der Waals surface area contributed by atoms with Crippen molar-refractivity contribution in [3.05, 3.63) is 42.2 Å². The standard InChI is InChI=1S/C13H16N4O/c1-10-3-4-12-11(2)17(8-7-16(10)12)13(18)15-6-5-14-9-15/h3-6,9,11H,7-8H2,1-2H3. The molecule has 1 amide bonds. The van der Waals surface area contributed by atoms with Crippen LogP contribution in [0.4, 0.5) is 4.79 Å². The van der Waals surface area contributed by atoms with Gasteiger partial charge in [0, 0.05) is 36.9 Å². The van der Waals surface area contributed by atoms with Crippen molar-refractivity contribution < 1.29 is 4.79 Å². The van der Waals surface area contributed by atoms with E-state index in [-0.39, 0.29) is 12.1 Å². The molecule has 2 aromatic heterocycles. The minimum Gasteiger partial charge on any atom is -0.345 e. The zero-order valence-corrected chi connectivity index (χ0v) is 10.6. The third-order valence-electron chi connectivity index (χ3n) is 3.66. The van der Waals surface area contributed by atoms with Crippen LogP contribution in [0.2, 0.25) is 0 Å². The molecule has 0 bridgehead atoms. The van der Waals surface area contributed by atoms with Gasteiger partial charge in [0.1, 0.15) is 6.33 Å². The van der Waals surface area contributed by atoms with E-state index < -0.39 is 0 Å². The summed E-state index contributed by atoms with van der Waals surface area (Å²) in [4.78, 5) is 18.1. The van der Waals surface area contributed by atoms with E-state index in [4.69, 9.17) is 0 Å². The molecule has 1 aliphatic heterocycles. The molecule has 94 valence electrons. The van der Waals surface area contributed by atoms with Crippen molar-refractivity contribution in [1.82, 2.24) is 19.0 Å². The van der Waals surface area contributed by atoms with E-state index in [9.17, 15) is 4.79 Å². The number of carbonyl (C=O) groups excluding carboxylic acids is 1. The summed E-state index contributed by atoms with van der Waals surface area (Å²) in [7, 11) is 0. The molecule has 0 saturated carbocycles. The van der Waals surface area contributed by atoms with Crippen molar-refractivity contribution >= 4 is 6.03 Å². The fourth-order valence-corrected chi connectivity index (χ4v) is 2.60. The summed E-state index contributed by atoms with van der Waals surface area (Å²) in [6, 6.07) is 4.30. The monoisotopic (exact) mass is 244 g/mol. The Hall–Kier alpha value is -2.04. The van der Waals surface area contributed by atoms with Crippen molar-refractivity contribution in [3.63, 3.8) is 0 Å². The number of aromatic nitrogens is 3. The number of amides is 1. The van der Waals surface area contributed by atoms with Crippen LogP contribution >= 0.6 is 0 Å². The average Bonchev–Trinajstić information content (AvgIpc) is 2.99. The Labute approximate surface area is 106 Å². The lowest BCUT2D eigenvalue weighted by molar-refractivity contribution is 0.163. The Bertz CT molecular complexity index is 570. The molecule has 1 aliphatic rings. The number of hydrogen-bond acceptors (Lipinski definition) is 2. The van der Waals surface area contributed by atoms with Gasteiger partial charge in [0.05, 0.1) is 6.04 Å². The minimum absolute atomic E-state index is 0.00916. The van der Waals surface area contributed by atoms with Crippen LogP contribution in [0.15, 0.2) is 30.9 Å². The maximum absolute atomic E-state index is 12.3. The molecular weight excluding hydrogens is 228 g/mol. The zero-order valence-electron chi connectivity index (χ0n) is 10.6. The summed E-state index contributed by atoms with van der Waals surface area (Å²) in [6.45, 7) is 5.77. The molecule has 3 rings (SSSR count). The third-order valence-corrected chi connectivity index (χ3v) is 3.66. The predicted molar refractivity (Wildman–Crippen MR) is 67.3 cm³/mol. The molecular formula is C13H16N4O. The molecule has 0 fully saturated rings. The molecule has 5 nitrogen and oxygen atoms in total. The minimum atomic E-state index is -0.00916. The normalized spacial score (nSPS) is 18.8. The molecule has 0 aliphatic carbocycles. The van der Waals surface area contributed by atoms with Gasteiger partial charge in [-0.05, 0) is 26.0 Å². The van der Waals surface area contributed by atoms with Crippen molar-refractivity contribution in [2.24, 2.45) is 0 Å². The summed E-state index contributed by atoms with van der Waals surface area (Å²) < 4.78 is 3.81. The van der Waals surface area contributed by atoms with Crippen LogP contribution in [0.1, 0.15) is 24.4 Å². The number of nitrogens with zero attached hydrogens (tertiary/aromatic N) is 4. The third kappa shape index (κ3) is 1.54. The first-order valence-electron chi connectivity index (χ1n) is 6.13. The van der Waals surface area contributed by atoms with Crippen LogP contribution in [-0.2, 0) is 6.54 Å². The van der Waals surface area contributed by atoms with Gasteiger partial charge in [0.2, 0.25) is 0 Å². The van der Waals surface area contributed by atoms with E-state index in [1.54, 1.807) is 18.7 Å². The number of fused-ring (bicyclic) bond motifs is 1. The molecule has 0 N–H and O–H groups in total. The Morgan fingerprint density at radius 1 is 1.39 bits per heavy atom. The number of carbonyl (C=O) groups is 1. The van der Waals surface area contributed by atoms with Crippen LogP contribution < -0.4 is 0 Å². The van der Waals surface area contributed by atoms with Gasteiger partial charge in [0.25, 0.3) is 0 Å². The number of rotatable bonds is 0. The Morgan fingerprint density at radius 3 is 2.94 bits per heavy atom. The van der Waals surface area contributed by atoms with E-state index >= 15 is 0 Å². The molecule has 5 heteroatoms. The smallest absolute Gasteiger partial charge is 0.330 e. The number of imidazole rings is 1. The second-order valence-corrected chi connectivity index (χ2v) is 4.67. The van der Waals surface area contributed by atoms with Crippen LogP contribution in [0.5, 0.6) is 0 Å². The lowest BCUT2D eigenvalue weighted by Crippen LogP contribution is -2.42. The van der Waals surface area contributed by atoms with Gasteiger partial charge in [0.15, 0.2) is 0 Å². The average molecular weight is 244 g/mol. The van der Waals surface area contributed by atoms with Crippen molar-refractivity contribution in [2.45, 2.75) is 26.4 Å². The molecule has 0 aromatic carbocycles. The van der Waals surface area contributed by atoms with Gasteiger partial charge in [-0.15, -0.1) is 0 Å². The maximum Gasteiger partial charge on any atom is 0.330 e. The van der Waals surface area contributed by atoms with Crippen LogP contribution in [-0.4, -0.2) is 31.6 Å². The topological polar surface area (TPSA) is 43.1 Å². The van der Waals surface area contributed by atoms with Crippen molar-refractivity contribution in [2.75, 3.05) is 6.54 Å². The Kier molecular flexibility index (Phi) is 2.47. The molecule has 1 atom stereocenters. The fraction of sp³-hybridized carbons (Fsp3) is 0.385. The summed E-state index contributed by atoms with van der Waals surface area (Å²) >= 11 is 0. The molecule has 1 unspecified atom stereocenters. The predicted octanol–water partition coefficient (Wildman–Crippen LogP) is 2.04. The first-order valence-corrected chi connectivity index (χ1v) is 6.13. The first-order chi connectivity index (χ1) is 8.68. The van der Waals surface area contributed by atoms with E-state index in [0.29, 0.717) is 0 Å². The molecule has 0 saturated heterocycles. The lowest BCUT2D eigenvalue weighted by atomic mass is 10.1. The highest BCUT2D eigenvalue weighted by molar-refractivity contribution is 5.77. The largest absolute Gasteiger partial charge is 0.345 e. The van der Waals surface area contributed by atoms with Crippen LogP contribution in [0, 0.1) is 6.92 Å². The van der Waals surface area contributed by atoms with Crippen LogP contribution in [0.25, 0.3) is 0 Å². The van der Waals surface area contributed by atoms with Crippen molar-refractivity contribution in [3.8, 4) is 0 Å². The van der Waals surface area contributed by atoms with Gasteiger partial charge in [-0.3, -0.25) is 4.57 Å². The van der Waals surface area contributed by atoms with Gasteiger partial charge in [-0.25, -0.2) is 9.78 Å². The first kappa shape index (κ1) is 11.1. The van der Waals surface area contributed by atoms with Gasteiger partial charge < -0.3 is 9.47 Å². The van der Waals surface area contributed by atoms with E-state index in [1.807, 2.05) is 4.90 Å². The maximum atomic E-state index is 12.3. The lowest BCUT2D eigenvalue weighted by Gasteiger charge is -2.35. The molecule has 3 heterocycles. The number of hydrogen-bond donors (Lipinski definition) is 0.